The second kappa shape index (κ2) is 7.46. The van der Waals surface area contributed by atoms with E-state index in [1.54, 1.807) is 24.3 Å². The van der Waals surface area contributed by atoms with Gasteiger partial charge in [-0.15, -0.1) is 0 Å². The summed E-state index contributed by atoms with van der Waals surface area (Å²) in [5.74, 6) is 0.120. The normalized spacial score (nSPS) is 15.1. The zero-order chi connectivity index (χ0) is 13.5. The minimum atomic E-state index is 0.120. The second-order valence-corrected chi connectivity index (χ2v) is 5.40. The quantitative estimate of drug-likeness (QED) is 0.484. The maximum absolute atomic E-state index is 11.9. The van der Waals surface area contributed by atoms with Gasteiger partial charge in [-0.25, -0.2) is 0 Å². The predicted molar refractivity (Wildman–Crippen MR) is 79.8 cm³/mol. The molecule has 0 unspecified atom stereocenters. The van der Waals surface area contributed by atoms with Crippen molar-refractivity contribution in [3.05, 3.63) is 46.5 Å². The number of hydrogen-bond donors (Lipinski definition) is 1. The van der Waals surface area contributed by atoms with Crippen LogP contribution in [-0.4, -0.2) is 18.9 Å². The number of carbonyl (C=O) groups excluding carboxylic acids is 1. The van der Waals surface area contributed by atoms with Crippen molar-refractivity contribution in [1.82, 2.24) is 5.32 Å². The van der Waals surface area contributed by atoms with Crippen molar-refractivity contribution < 1.29 is 4.79 Å². The summed E-state index contributed by atoms with van der Waals surface area (Å²) in [4.78, 5) is 11.9. The van der Waals surface area contributed by atoms with Crippen molar-refractivity contribution in [1.29, 1.82) is 0 Å². The molecular formula is C16H20ClNO. The summed E-state index contributed by atoms with van der Waals surface area (Å²) >= 11 is 5.80. The highest BCUT2D eigenvalue weighted by Gasteiger charge is 2.06. The Hall–Kier alpha value is -1.12. The van der Waals surface area contributed by atoms with Gasteiger partial charge in [0.25, 0.3) is 0 Å². The lowest BCUT2D eigenvalue weighted by atomic mass is 9.97. The summed E-state index contributed by atoms with van der Waals surface area (Å²) in [5, 5.41) is 3.88. The van der Waals surface area contributed by atoms with Gasteiger partial charge in [-0.2, -0.15) is 0 Å². The first-order chi connectivity index (χ1) is 9.25. The molecule has 2 nitrogen and oxygen atoms in total. The number of allylic oxidation sites excluding steroid dienone is 1. The molecule has 0 amide bonds. The van der Waals surface area contributed by atoms with Crippen LogP contribution in [0.15, 0.2) is 35.9 Å². The van der Waals surface area contributed by atoms with Crippen LogP contribution in [-0.2, 0) is 0 Å². The smallest absolute Gasteiger partial charge is 0.176 e. The summed E-state index contributed by atoms with van der Waals surface area (Å²) < 4.78 is 0. The topological polar surface area (TPSA) is 29.1 Å². The van der Waals surface area contributed by atoms with Crippen molar-refractivity contribution in [3.8, 4) is 0 Å². The average molecular weight is 278 g/mol. The summed E-state index contributed by atoms with van der Waals surface area (Å²) in [6, 6.07) is 7.05. The first kappa shape index (κ1) is 14.3. The Morgan fingerprint density at radius 1 is 1.21 bits per heavy atom. The Morgan fingerprint density at radius 3 is 2.68 bits per heavy atom. The SMILES string of the molecule is O=C(CNCCC1=CCCCC1)c1ccc(Cl)cc1. The van der Waals surface area contributed by atoms with Gasteiger partial charge < -0.3 is 5.32 Å². The lowest BCUT2D eigenvalue weighted by molar-refractivity contribution is 0.0991. The maximum atomic E-state index is 11.9. The summed E-state index contributed by atoms with van der Waals surface area (Å²) in [6.07, 6.45) is 8.51. The van der Waals surface area contributed by atoms with Gasteiger partial charge >= 0.3 is 0 Å². The molecular weight excluding hydrogens is 258 g/mol. The number of halogens is 1. The van der Waals surface area contributed by atoms with Crippen LogP contribution in [0.5, 0.6) is 0 Å². The predicted octanol–water partition coefficient (Wildman–Crippen LogP) is 4.00. The number of carbonyl (C=O) groups is 1. The molecule has 0 fully saturated rings. The largest absolute Gasteiger partial charge is 0.309 e. The fourth-order valence-electron chi connectivity index (χ4n) is 2.32. The molecule has 0 aromatic heterocycles. The molecule has 0 spiro atoms. The molecule has 3 heteroatoms. The fourth-order valence-corrected chi connectivity index (χ4v) is 2.45. The Bertz CT molecular complexity index is 450. The van der Waals surface area contributed by atoms with E-state index in [1.165, 1.54) is 31.3 Å². The molecule has 0 bridgehead atoms. The van der Waals surface area contributed by atoms with E-state index >= 15 is 0 Å². The highest BCUT2D eigenvalue weighted by molar-refractivity contribution is 6.30. The van der Waals surface area contributed by atoms with Crippen LogP contribution in [0.4, 0.5) is 0 Å². The third kappa shape index (κ3) is 4.81. The summed E-state index contributed by atoms with van der Waals surface area (Å²) in [6.45, 7) is 1.28. The van der Waals surface area contributed by atoms with E-state index < -0.39 is 0 Å². The van der Waals surface area contributed by atoms with Gasteiger partial charge in [0.15, 0.2) is 5.78 Å². The first-order valence-electron chi connectivity index (χ1n) is 6.93. The Balaban J connectivity index is 1.69. The number of Topliss-reactive ketones (excluding diaryl/α,β-unsaturated/α-hetero) is 1. The molecule has 2 rings (SSSR count). The Kier molecular flexibility index (Phi) is 5.62. The lowest BCUT2D eigenvalue weighted by Crippen LogP contribution is -2.24. The van der Waals surface area contributed by atoms with Crippen LogP contribution in [0.2, 0.25) is 5.02 Å². The maximum Gasteiger partial charge on any atom is 0.176 e. The zero-order valence-electron chi connectivity index (χ0n) is 11.1. The highest BCUT2D eigenvalue weighted by atomic mass is 35.5. The van der Waals surface area contributed by atoms with Crippen molar-refractivity contribution in [2.24, 2.45) is 0 Å². The molecule has 0 radical (unpaired) electrons. The van der Waals surface area contributed by atoms with Crippen LogP contribution in [0.1, 0.15) is 42.5 Å². The van der Waals surface area contributed by atoms with Gasteiger partial charge in [0.2, 0.25) is 0 Å². The molecule has 1 aliphatic carbocycles. The standard InChI is InChI=1S/C16H20ClNO/c17-15-8-6-14(7-9-15)16(19)12-18-11-10-13-4-2-1-3-5-13/h4,6-9,18H,1-3,5,10-12H2. The number of benzene rings is 1. The molecule has 0 heterocycles. The average Bonchev–Trinajstić information content (AvgIpc) is 2.45. The van der Waals surface area contributed by atoms with E-state index in [-0.39, 0.29) is 5.78 Å². The third-order valence-electron chi connectivity index (χ3n) is 3.46. The molecule has 1 aromatic rings. The summed E-state index contributed by atoms with van der Waals surface area (Å²) in [7, 11) is 0. The molecule has 0 aliphatic heterocycles. The molecule has 1 aliphatic rings. The van der Waals surface area contributed by atoms with E-state index in [1.807, 2.05) is 0 Å². The lowest BCUT2D eigenvalue weighted by Gasteiger charge is -2.12. The van der Waals surface area contributed by atoms with E-state index in [9.17, 15) is 4.79 Å². The Labute approximate surface area is 119 Å². The minimum absolute atomic E-state index is 0.120. The number of ketones is 1. The van der Waals surface area contributed by atoms with Crippen molar-refractivity contribution in [3.63, 3.8) is 0 Å². The monoisotopic (exact) mass is 277 g/mol. The minimum Gasteiger partial charge on any atom is -0.309 e. The molecule has 0 atom stereocenters. The molecule has 0 saturated carbocycles. The summed E-state index contributed by atoms with van der Waals surface area (Å²) in [5.41, 5.74) is 2.26. The molecule has 102 valence electrons. The van der Waals surface area contributed by atoms with Crippen LogP contribution in [0, 0.1) is 0 Å². The van der Waals surface area contributed by atoms with E-state index in [0.717, 1.165) is 13.0 Å². The van der Waals surface area contributed by atoms with Crippen LogP contribution in [0.25, 0.3) is 0 Å². The van der Waals surface area contributed by atoms with Gasteiger partial charge in [-0.3, -0.25) is 4.79 Å². The van der Waals surface area contributed by atoms with E-state index in [4.69, 9.17) is 11.6 Å². The third-order valence-corrected chi connectivity index (χ3v) is 3.71. The van der Waals surface area contributed by atoms with Gasteiger partial charge in [0.05, 0.1) is 6.54 Å². The zero-order valence-corrected chi connectivity index (χ0v) is 11.9. The fraction of sp³-hybridized carbons (Fsp3) is 0.438. The van der Waals surface area contributed by atoms with Crippen LogP contribution < -0.4 is 5.32 Å². The number of nitrogens with one attached hydrogen (secondary N) is 1. The van der Waals surface area contributed by atoms with Crippen LogP contribution in [0.3, 0.4) is 0 Å². The Morgan fingerprint density at radius 2 is 2.00 bits per heavy atom. The van der Waals surface area contributed by atoms with E-state index in [2.05, 4.69) is 11.4 Å². The van der Waals surface area contributed by atoms with Crippen molar-refractivity contribution in [2.45, 2.75) is 32.1 Å². The van der Waals surface area contributed by atoms with Gasteiger partial charge in [0, 0.05) is 10.6 Å². The molecule has 1 aromatic carbocycles. The van der Waals surface area contributed by atoms with Crippen molar-refractivity contribution in [2.75, 3.05) is 13.1 Å². The highest BCUT2D eigenvalue weighted by Crippen LogP contribution is 2.19. The molecule has 19 heavy (non-hydrogen) atoms. The van der Waals surface area contributed by atoms with Crippen LogP contribution >= 0.6 is 11.6 Å². The van der Waals surface area contributed by atoms with Gasteiger partial charge in [0.1, 0.15) is 0 Å². The van der Waals surface area contributed by atoms with Gasteiger partial charge in [-0.05, 0) is 62.9 Å². The van der Waals surface area contributed by atoms with Crippen molar-refractivity contribution >= 4 is 17.4 Å². The number of rotatable bonds is 6. The second-order valence-electron chi connectivity index (χ2n) is 4.97. The van der Waals surface area contributed by atoms with Gasteiger partial charge in [-0.1, -0.05) is 23.3 Å². The first-order valence-corrected chi connectivity index (χ1v) is 7.31. The molecule has 0 saturated heterocycles. The number of hydrogen-bond acceptors (Lipinski definition) is 2. The molecule has 1 N–H and O–H groups in total. The van der Waals surface area contributed by atoms with E-state index in [0.29, 0.717) is 17.1 Å².